The molecule has 0 saturated carbocycles. The number of para-hydroxylation sites is 2. The number of aromatic hydroxyl groups is 1. The highest BCUT2D eigenvalue weighted by molar-refractivity contribution is 6.07. The topological polar surface area (TPSA) is 75.4 Å². The van der Waals surface area contributed by atoms with Crippen LogP contribution < -0.4 is 11.1 Å². The van der Waals surface area contributed by atoms with E-state index in [0.717, 1.165) is 11.3 Å². The summed E-state index contributed by atoms with van der Waals surface area (Å²) in [4.78, 5) is 12.3. The number of phenolic OH excluding ortho intramolecular Hbond substituents is 1. The molecule has 0 atom stereocenters. The van der Waals surface area contributed by atoms with Crippen molar-refractivity contribution >= 4 is 17.3 Å². The maximum atomic E-state index is 12.3. The van der Waals surface area contributed by atoms with Gasteiger partial charge in [0.15, 0.2) is 5.75 Å². The van der Waals surface area contributed by atoms with Crippen LogP contribution >= 0.6 is 0 Å². The summed E-state index contributed by atoms with van der Waals surface area (Å²) in [6, 6.07) is 12.4. The van der Waals surface area contributed by atoms with E-state index in [9.17, 15) is 9.90 Å². The first-order valence-corrected chi connectivity index (χ1v) is 6.79. The Kier molecular flexibility index (Phi) is 3.89. The van der Waals surface area contributed by atoms with Gasteiger partial charge in [0.2, 0.25) is 0 Å². The molecule has 1 amide bonds. The molecule has 21 heavy (non-hydrogen) atoms. The Labute approximate surface area is 124 Å². The average Bonchev–Trinajstić information content (AvgIpc) is 2.41. The smallest absolute Gasteiger partial charge is 0.259 e. The molecule has 4 N–H and O–H groups in total. The third kappa shape index (κ3) is 3.16. The van der Waals surface area contributed by atoms with E-state index in [1.165, 1.54) is 0 Å². The number of nitrogens with two attached hydrogens (primary N) is 1. The average molecular weight is 284 g/mol. The predicted molar refractivity (Wildman–Crippen MR) is 85.6 cm³/mol. The monoisotopic (exact) mass is 284 g/mol. The van der Waals surface area contributed by atoms with Crippen molar-refractivity contribution in [3.8, 4) is 5.75 Å². The largest absolute Gasteiger partial charge is 0.505 e. The summed E-state index contributed by atoms with van der Waals surface area (Å²) in [6.45, 7) is 6.24. The number of nitrogen functional groups attached to an aromatic ring is 1. The minimum atomic E-state index is -0.378. The van der Waals surface area contributed by atoms with E-state index in [1.54, 1.807) is 18.2 Å². The first-order chi connectivity index (χ1) is 9.80. The second-order valence-corrected chi connectivity index (χ2v) is 5.99. The second kappa shape index (κ2) is 5.48. The van der Waals surface area contributed by atoms with E-state index in [2.05, 4.69) is 26.1 Å². The summed E-state index contributed by atoms with van der Waals surface area (Å²) in [5, 5.41) is 12.7. The van der Waals surface area contributed by atoms with Gasteiger partial charge in [-0.15, -0.1) is 0 Å². The van der Waals surface area contributed by atoms with Gasteiger partial charge < -0.3 is 16.2 Å². The normalized spacial score (nSPS) is 11.2. The van der Waals surface area contributed by atoms with E-state index in [-0.39, 0.29) is 28.3 Å². The molecule has 0 spiro atoms. The molecule has 4 heteroatoms. The minimum Gasteiger partial charge on any atom is -0.505 e. The minimum absolute atomic E-state index is 0.0956. The highest BCUT2D eigenvalue weighted by atomic mass is 16.3. The van der Waals surface area contributed by atoms with Crippen molar-refractivity contribution in [2.45, 2.75) is 26.2 Å². The van der Waals surface area contributed by atoms with E-state index in [1.807, 2.05) is 24.3 Å². The van der Waals surface area contributed by atoms with Crippen molar-refractivity contribution in [3.63, 3.8) is 0 Å². The fraction of sp³-hybridized carbons (Fsp3) is 0.235. The molecule has 0 aliphatic rings. The molecule has 0 aliphatic heterocycles. The summed E-state index contributed by atoms with van der Waals surface area (Å²) in [7, 11) is 0. The Morgan fingerprint density at radius 2 is 1.76 bits per heavy atom. The number of phenols is 1. The third-order valence-electron chi connectivity index (χ3n) is 3.30. The van der Waals surface area contributed by atoms with Crippen LogP contribution in [0.15, 0.2) is 42.5 Å². The summed E-state index contributed by atoms with van der Waals surface area (Å²) < 4.78 is 0. The van der Waals surface area contributed by atoms with Crippen LogP contribution in [0.5, 0.6) is 5.75 Å². The summed E-state index contributed by atoms with van der Waals surface area (Å²) in [5.74, 6) is -0.570. The van der Waals surface area contributed by atoms with E-state index in [4.69, 9.17) is 5.73 Å². The van der Waals surface area contributed by atoms with E-state index < -0.39 is 0 Å². The molecule has 0 saturated heterocycles. The van der Waals surface area contributed by atoms with Crippen molar-refractivity contribution in [2.75, 3.05) is 11.1 Å². The van der Waals surface area contributed by atoms with Crippen LogP contribution in [0.25, 0.3) is 0 Å². The molecule has 0 aliphatic carbocycles. The Morgan fingerprint density at radius 1 is 1.10 bits per heavy atom. The van der Waals surface area contributed by atoms with Crippen LogP contribution in [0.3, 0.4) is 0 Å². The third-order valence-corrected chi connectivity index (χ3v) is 3.30. The number of benzene rings is 2. The molecular formula is C17H20N2O2. The SMILES string of the molecule is CC(C)(C)c1ccccc1NC(=O)c1cccc(N)c1O. The molecule has 0 fully saturated rings. The van der Waals surface area contributed by atoms with Crippen LogP contribution in [0, 0.1) is 0 Å². The fourth-order valence-corrected chi connectivity index (χ4v) is 2.18. The lowest BCUT2D eigenvalue weighted by atomic mass is 9.86. The van der Waals surface area contributed by atoms with Crippen LogP contribution in [0.1, 0.15) is 36.7 Å². The van der Waals surface area contributed by atoms with Crippen molar-refractivity contribution < 1.29 is 9.90 Å². The lowest BCUT2D eigenvalue weighted by Crippen LogP contribution is -2.18. The number of hydrogen-bond acceptors (Lipinski definition) is 3. The fourth-order valence-electron chi connectivity index (χ4n) is 2.18. The van der Waals surface area contributed by atoms with Crippen molar-refractivity contribution in [3.05, 3.63) is 53.6 Å². The standard InChI is InChI=1S/C17H20N2O2/c1-17(2,3)12-8-4-5-10-14(12)19-16(21)11-7-6-9-13(18)15(11)20/h4-10,20H,18H2,1-3H3,(H,19,21). The van der Waals surface area contributed by atoms with Crippen LogP contribution in [-0.4, -0.2) is 11.0 Å². The zero-order valence-corrected chi connectivity index (χ0v) is 12.5. The van der Waals surface area contributed by atoms with Gasteiger partial charge in [0, 0.05) is 5.69 Å². The number of rotatable bonds is 2. The zero-order chi connectivity index (χ0) is 15.6. The van der Waals surface area contributed by atoms with Gasteiger partial charge in [-0.05, 0) is 29.2 Å². The molecular weight excluding hydrogens is 264 g/mol. The van der Waals surface area contributed by atoms with Gasteiger partial charge in [-0.25, -0.2) is 0 Å². The van der Waals surface area contributed by atoms with Crippen LogP contribution in [0.4, 0.5) is 11.4 Å². The molecule has 2 rings (SSSR count). The molecule has 4 nitrogen and oxygen atoms in total. The summed E-state index contributed by atoms with van der Waals surface area (Å²) in [5.41, 5.74) is 7.64. The highest BCUT2D eigenvalue weighted by Gasteiger charge is 2.20. The molecule has 0 radical (unpaired) electrons. The lowest BCUT2D eigenvalue weighted by molar-refractivity contribution is 0.102. The first-order valence-electron chi connectivity index (χ1n) is 6.79. The van der Waals surface area contributed by atoms with Gasteiger partial charge in [-0.1, -0.05) is 45.0 Å². The maximum absolute atomic E-state index is 12.3. The number of nitrogens with one attached hydrogen (secondary N) is 1. The van der Waals surface area contributed by atoms with Crippen LogP contribution in [0.2, 0.25) is 0 Å². The molecule has 0 aromatic heterocycles. The number of carbonyl (C=O) groups is 1. The van der Waals surface area contributed by atoms with Crippen molar-refractivity contribution in [1.82, 2.24) is 0 Å². The quantitative estimate of drug-likeness (QED) is 0.583. The Bertz CT molecular complexity index is 673. The molecule has 2 aromatic carbocycles. The number of amides is 1. The van der Waals surface area contributed by atoms with Gasteiger partial charge >= 0.3 is 0 Å². The first kappa shape index (κ1) is 14.9. The maximum Gasteiger partial charge on any atom is 0.259 e. The summed E-state index contributed by atoms with van der Waals surface area (Å²) >= 11 is 0. The molecule has 110 valence electrons. The van der Waals surface area contributed by atoms with Gasteiger partial charge in [-0.3, -0.25) is 4.79 Å². The van der Waals surface area contributed by atoms with E-state index in [0.29, 0.717) is 0 Å². The predicted octanol–water partition coefficient (Wildman–Crippen LogP) is 3.52. The van der Waals surface area contributed by atoms with Gasteiger partial charge in [0.1, 0.15) is 0 Å². The Hall–Kier alpha value is -2.49. The number of carbonyl (C=O) groups excluding carboxylic acids is 1. The van der Waals surface area contributed by atoms with Crippen molar-refractivity contribution in [1.29, 1.82) is 0 Å². The Balaban J connectivity index is 2.35. The van der Waals surface area contributed by atoms with Crippen molar-refractivity contribution in [2.24, 2.45) is 0 Å². The Morgan fingerprint density at radius 3 is 2.43 bits per heavy atom. The molecule has 0 bridgehead atoms. The summed E-state index contributed by atoms with van der Waals surface area (Å²) in [6.07, 6.45) is 0. The second-order valence-electron chi connectivity index (χ2n) is 5.99. The van der Waals surface area contributed by atoms with Gasteiger partial charge in [-0.2, -0.15) is 0 Å². The van der Waals surface area contributed by atoms with Gasteiger partial charge in [0.05, 0.1) is 11.3 Å². The van der Waals surface area contributed by atoms with Gasteiger partial charge in [0.25, 0.3) is 5.91 Å². The number of anilines is 2. The zero-order valence-electron chi connectivity index (χ0n) is 12.5. The molecule has 0 heterocycles. The lowest BCUT2D eigenvalue weighted by Gasteiger charge is -2.23. The van der Waals surface area contributed by atoms with Crippen LogP contribution in [-0.2, 0) is 5.41 Å². The highest BCUT2D eigenvalue weighted by Crippen LogP contribution is 2.31. The number of hydrogen-bond donors (Lipinski definition) is 3. The van der Waals surface area contributed by atoms with E-state index >= 15 is 0 Å². The molecule has 0 unspecified atom stereocenters. The molecule has 2 aromatic rings.